The summed E-state index contributed by atoms with van der Waals surface area (Å²) in [6, 6.07) is 5.02. The molecule has 0 bridgehead atoms. The lowest BCUT2D eigenvalue weighted by Gasteiger charge is -2.27. The van der Waals surface area contributed by atoms with Gasteiger partial charge in [-0.05, 0) is 40.9 Å². The van der Waals surface area contributed by atoms with E-state index in [1.165, 1.54) is 0 Å². The van der Waals surface area contributed by atoms with Gasteiger partial charge >= 0.3 is 0 Å². The summed E-state index contributed by atoms with van der Waals surface area (Å²) < 4.78 is 24.9. The molecule has 17 heavy (non-hydrogen) atoms. The molecule has 0 saturated heterocycles. The molecule has 1 unspecified atom stereocenters. The highest BCUT2D eigenvalue weighted by atomic mass is 79.9. The summed E-state index contributed by atoms with van der Waals surface area (Å²) in [7, 11) is -3.22. The monoisotopic (exact) mass is 319 g/mol. The van der Waals surface area contributed by atoms with Crippen molar-refractivity contribution < 1.29 is 13.5 Å². The van der Waals surface area contributed by atoms with Gasteiger partial charge in [-0.2, -0.15) is 0 Å². The molecule has 1 aliphatic heterocycles. The molecule has 1 aliphatic rings. The van der Waals surface area contributed by atoms with Gasteiger partial charge in [0.25, 0.3) is 0 Å². The lowest BCUT2D eigenvalue weighted by molar-refractivity contribution is 0.282. The van der Waals surface area contributed by atoms with Gasteiger partial charge in [0, 0.05) is 17.1 Å². The molecule has 0 spiro atoms. The maximum absolute atomic E-state index is 12.1. The van der Waals surface area contributed by atoms with Gasteiger partial charge in [-0.25, -0.2) is 8.42 Å². The Morgan fingerprint density at radius 2 is 2.24 bits per heavy atom. The first-order valence-corrected chi connectivity index (χ1v) is 7.88. The zero-order chi connectivity index (χ0) is 12.5. The standard InChI is InChI=1S/C11H14BrNO3S/c12-9-4-1-5-10-11(9)13-8(3-2-6-14)7-17(10,15)16/h1,4-5,8,13-14H,2-3,6-7H2. The highest BCUT2D eigenvalue weighted by Gasteiger charge is 2.30. The third-order valence-corrected chi connectivity index (χ3v) is 5.30. The number of para-hydroxylation sites is 1. The van der Waals surface area contributed by atoms with Crippen LogP contribution in [-0.2, 0) is 9.84 Å². The van der Waals surface area contributed by atoms with Crippen molar-refractivity contribution in [2.45, 2.75) is 23.8 Å². The Hall–Kier alpha value is -0.590. The van der Waals surface area contributed by atoms with Crippen LogP contribution in [0.5, 0.6) is 0 Å². The second kappa shape index (κ2) is 4.96. The molecule has 1 aromatic rings. The molecule has 6 heteroatoms. The van der Waals surface area contributed by atoms with Crippen molar-refractivity contribution in [2.75, 3.05) is 17.7 Å². The first-order valence-electron chi connectivity index (χ1n) is 5.43. The molecule has 0 saturated carbocycles. The largest absolute Gasteiger partial charge is 0.396 e. The van der Waals surface area contributed by atoms with Crippen LogP contribution in [0.2, 0.25) is 0 Å². The predicted molar refractivity (Wildman–Crippen MR) is 69.9 cm³/mol. The quantitative estimate of drug-likeness (QED) is 0.891. The van der Waals surface area contributed by atoms with Gasteiger partial charge in [-0.1, -0.05) is 6.07 Å². The molecule has 1 aromatic carbocycles. The average Bonchev–Trinajstić information content (AvgIpc) is 2.27. The van der Waals surface area contributed by atoms with Crippen LogP contribution >= 0.6 is 15.9 Å². The maximum atomic E-state index is 12.1. The van der Waals surface area contributed by atoms with Gasteiger partial charge < -0.3 is 10.4 Å². The summed E-state index contributed by atoms with van der Waals surface area (Å²) in [5.74, 6) is 0.0937. The molecule has 0 amide bonds. The minimum absolute atomic E-state index is 0.0844. The Labute approximate surface area is 109 Å². The van der Waals surface area contributed by atoms with Crippen molar-refractivity contribution >= 4 is 31.5 Å². The molecular weight excluding hydrogens is 306 g/mol. The number of sulfone groups is 1. The summed E-state index contributed by atoms with van der Waals surface area (Å²) >= 11 is 3.35. The Balaban J connectivity index is 2.35. The van der Waals surface area contributed by atoms with E-state index in [0.29, 0.717) is 23.4 Å². The van der Waals surface area contributed by atoms with Crippen LogP contribution in [0.4, 0.5) is 5.69 Å². The van der Waals surface area contributed by atoms with E-state index in [-0.39, 0.29) is 18.4 Å². The number of anilines is 1. The van der Waals surface area contributed by atoms with E-state index < -0.39 is 9.84 Å². The predicted octanol–water partition coefficient (Wildman–Crippen LogP) is 1.79. The molecule has 0 aliphatic carbocycles. The van der Waals surface area contributed by atoms with Crippen LogP contribution in [0.25, 0.3) is 0 Å². The summed E-state index contributed by atoms with van der Waals surface area (Å²) in [5.41, 5.74) is 0.640. The van der Waals surface area contributed by atoms with E-state index >= 15 is 0 Å². The van der Waals surface area contributed by atoms with E-state index in [2.05, 4.69) is 21.2 Å². The molecule has 4 nitrogen and oxygen atoms in total. The Morgan fingerprint density at radius 1 is 1.47 bits per heavy atom. The second-order valence-corrected chi connectivity index (χ2v) is 6.96. The highest BCUT2D eigenvalue weighted by Crippen LogP contribution is 2.35. The van der Waals surface area contributed by atoms with Gasteiger partial charge in [0.15, 0.2) is 9.84 Å². The summed E-state index contributed by atoms with van der Waals surface area (Å²) in [6.45, 7) is 0.0844. The zero-order valence-electron chi connectivity index (χ0n) is 9.19. The summed E-state index contributed by atoms with van der Waals surface area (Å²) in [6.07, 6.45) is 1.25. The maximum Gasteiger partial charge on any atom is 0.182 e. The van der Waals surface area contributed by atoms with Crippen LogP contribution in [-0.4, -0.2) is 31.9 Å². The molecular formula is C11H14BrNO3S. The molecule has 1 heterocycles. The van der Waals surface area contributed by atoms with E-state index in [9.17, 15) is 8.42 Å². The Bertz CT molecular complexity index is 515. The van der Waals surface area contributed by atoms with Crippen LogP contribution in [0.1, 0.15) is 12.8 Å². The number of hydrogen-bond acceptors (Lipinski definition) is 4. The van der Waals surface area contributed by atoms with Gasteiger partial charge in [0.1, 0.15) is 0 Å². The minimum atomic E-state index is -3.22. The molecule has 0 radical (unpaired) electrons. The SMILES string of the molecule is O=S1(=O)CC(CCCO)Nc2c(Br)cccc21. The number of aliphatic hydroxyl groups is 1. The molecule has 94 valence electrons. The lowest BCUT2D eigenvalue weighted by Crippen LogP contribution is -2.34. The fourth-order valence-electron chi connectivity index (χ4n) is 2.00. The molecule has 0 fully saturated rings. The van der Waals surface area contributed by atoms with Gasteiger partial charge in [0.05, 0.1) is 16.3 Å². The number of fused-ring (bicyclic) bond motifs is 1. The number of halogens is 1. The zero-order valence-corrected chi connectivity index (χ0v) is 11.6. The van der Waals surface area contributed by atoms with Crippen molar-refractivity contribution in [1.82, 2.24) is 0 Å². The topological polar surface area (TPSA) is 66.4 Å². The van der Waals surface area contributed by atoms with Crippen molar-refractivity contribution in [1.29, 1.82) is 0 Å². The number of hydrogen-bond donors (Lipinski definition) is 2. The summed E-state index contributed by atoms with van der Waals surface area (Å²) in [5, 5.41) is 12.0. The second-order valence-electron chi connectivity index (χ2n) is 4.10. The lowest BCUT2D eigenvalue weighted by atomic mass is 10.1. The van der Waals surface area contributed by atoms with Crippen LogP contribution in [0.15, 0.2) is 27.6 Å². The normalized spacial score (nSPS) is 21.6. The number of aliphatic hydroxyl groups excluding tert-OH is 1. The molecule has 2 rings (SSSR count). The van der Waals surface area contributed by atoms with Crippen LogP contribution < -0.4 is 5.32 Å². The third-order valence-electron chi connectivity index (χ3n) is 2.79. The van der Waals surface area contributed by atoms with Crippen molar-refractivity contribution in [3.05, 3.63) is 22.7 Å². The first-order chi connectivity index (χ1) is 8.04. The summed E-state index contributed by atoms with van der Waals surface area (Å²) in [4.78, 5) is 0.354. The Morgan fingerprint density at radius 3 is 2.94 bits per heavy atom. The molecule has 1 atom stereocenters. The van der Waals surface area contributed by atoms with Crippen molar-refractivity contribution in [3.8, 4) is 0 Å². The molecule has 2 N–H and O–H groups in total. The van der Waals surface area contributed by atoms with Gasteiger partial charge in [-0.3, -0.25) is 0 Å². The van der Waals surface area contributed by atoms with Gasteiger partial charge in [-0.15, -0.1) is 0 Å². The number of rotatable bonds is 3. The fraction of sp³-hybridized carbons (Fsp3) is 0.455. The van der Waals surface area contributed by atoms with E-state index in [1.807, 2.05) is 6.07 Å². The van der Waals surface area contributed by atoms with Crippen molar-refractivity contribution in [2.24, 2.45) is 0 Å². The minimum Gasteiger partial charge on any atom is -0.396 e. The number of nitrogens with one attached hydrogen (secondary N) is 1. The molecule has 0 aromatic heterocycles. The average molecular weight is 320 g/mol. The fourth-order valence-corrected chi connectivity index (χ4v) is 4.33. The number of benzene rings is 1. The van der Waals surface area contributed by atoms with Crippen LogP contribution in [0.3, 0.4) is 0 Å². The van der Waals surface area contributed by atoms with Gasteiger partial charge in [0.2, 0.25) is 0 Å². The highest BCUT2D eigenvalue weighted by molar-refractivity contribution is 9.10. The van der Waals surface area contributed by atoms with Crippen LogP contribution in [0, 0.1) is 0 Å². The van der Waals surface area contributed by atoms with E-state index in [0.717, 1.165) is 4.47 Å². The Kier molecular flexibility index (Phi) is 3.75. The third kappa shape index (κ3) is 2.64. The van der Waals surface area contributed by atoms with E-state index in [4.69, 9.17) is 5.11 Å². The first kappa shape index (κ1) is 12.9. The smallest absolute Gasteiger partial charge is 0.182 e. The van der Waals surface area contributed by atoms with Crippen molar-refractivity contribution in [3.63, 3.8) is 0 Å². The van der Waals surface area contributed by atoms with E-state index in [1.54, 1.807) is 12.1 Å².